The van der Waals surface area contributed by atoms with Gasteiger partial charge in [-0.1, -0.05) is 46.7 Å². The maximum Gasteiger partial charge on any atom is 0.233 e. The molecule has 0 aliphatic rings. The Morgan fingerprint density at radius 1 is 1.07 bits per heavy atom. The molecule has 2 aromatic carbocycles. The fraction of sp³-hybridized carbons (Fsp3) is 0.208. The van der Waals surface area contributed by atoms with E-state index in [1.165, 1.54) is 16.9 Å². The Morgan fingerprint density at radius 3 is 2.53 bits per heavy atom. The van der Waals surface area contributed by atoms with Gasteiger partial charge in [0.2, 0.25) is 5.91 Å². The molecule has 2 heterocycles. The summed E-state index contributed by atoms with van der Waals surface area (Å²) in [5.41, 5.74) is 6.20. The zero-order valence-electron chi connectivity index (χ0n) is 17.1. The average Bonchev–Trinajstić information content (AvgIpc) is 3.12. The van der Waals surface area contributed by atoms with Gasteiger partial charge in [0, 0.05) is 11.2 Å². The lowest BCUT2D eigenvalue weighted by atomic mass is 9.97. The molecular formula is C24H22ClN3OS. The molecule has 0 fully saturated rings. The van der Waals surface area contributed by atoms with Crippen molar-refractivity contribution in [2.75, 3.05) is 4.90 Å². The number of rotatable bonds is 5. The van der Waals surface area contributed by atoms with E-state index >= 15 is 0 Å². The highest BCUT2D eigenvalue weighted by Crippen LogP contribution is 2.32. The molecule has 4 aromatic rings. The predicted octanol–water partition coefficient (Wildman–Crippen LogP) is 6.05. The first-order valence-electron chi connectivity index (χ1n) is 9.74. The number of nitrogens with zero attached hydrogens (tertiary/aromatic N) is 3. The van der Waals surface area contributed by atoms with Gasteiger partial charge >= 0.3 is 0 Å². The normalized spacial score (nSPS) is 11.1. The van der Waals surface area contributed by atoms with Crippen LogP contribution in [0.25, 0.3) is 10.2 Å². The number of carbonyl (C=O) groups is 1. The van der Waals surface area contributed by atoms with Crippen LogP contribution in [0.4, 0.5) is 5.13 Å². The molecule has 2 aromatic heterocycles. The zero-order chi connectivity index (χ0) is 21.3. The number of hydrogen-bond acceptors (Lipinski definition) is 4. The van der Waals surface area contributed by atoms with E-state index in [0.717, 1.165) is 32.6 Å². The number of aryl methyl sites for hydroxylation is 3. The number of carbonyl (C=O) groups excluding carboxylic acids is 1. The highest BCUT2D eigenvalue weighted by Gasteiger charge is 2.22. The summed E-state index contributed by atoms with van der Waals surface area (Å²) in [5, 5.41) is 1.32. The summed E-state index contributed by atoms with van der Waals surface area (Å²) < 4.78 is 0.957. The Hall–Kier alpha value is -2.76. The van der Waals surface area contributed by atoms with Crippen molar-refractivity contribution in [3.8, 4) is 0 Å². The van der Waals surface area contributed by atoms with Crippen molar-refractivity contribution in [2.24, 2.45) is 0 Å². The molecule has 0 spiro atoms. The lowest BCUT2D eigenvalue weighted by molar-refractivity contribution is -0.118. The molecule has 30 heavy (non-hydrogen) atoms. The molecule has 0 aliphatic carbocycles. The highest BCUT2D eigenvalue weighted by atomic mass is 35.5. The Bertz CT molecular complexity index is 1200. The lowest BCUT2D eigenvalue weighted by Gasteiger charge is -2.21. The fourth-order valence-electron chi connectivity index (χ4n) is 3.65. The molecule has 0 radical (unpaired) electrons. The molecule has 6 heteroatoms. The monoisotopic (exact) mass is 435 g/mol. The molecule has 0 atom stereocenters. The van der Waals surface area contributed by atoms with E-state index in [4.69, 9.17) is 16.6 Å². The van der Waals surface area contributed by atoms with Gasteiger partial charge in [-0.25, -0.2) is 4.98 Å². The summed E-state index contributed by atoms with van der Waals surface area (Å²) in [7, 11) is 0. The number of hydrogen-bond donors (Lipinski definition) is 0. The van der Waals surface area contributed by atoms with Crippen LogP contribution in [0.5, 0.6) is 0 Å². The standard InChI is InChI=1S/C24H22ClN3OS/c1-15-10-16(2)20(17(3)11-15)13-23(29)28(14-19-6-4-5-9-26-19)24-27-21-8-7-18(25)12-22(21)30-24/h4-12H,13-14H2,1-3H3. The summed E-state index contributed by atoms with van der Waals surface area (Å²) in [6.07, 6.45) is 2.06. The van der Waals surface area contributed by atoms with Gasteiger partial charge in [-0.2, -0.15) is 0 Å². The van der Waals surface area contributed by atoms with E-state index in [1.807, 2.05) is 36.4 Å². The first kappa shape index (κ1) is 20.5. The van der Waals surface area contributed by atoms with Crippen LogP contribution in [0.3, 0.4) is 0 Å². The molecule has 152 valence electrons. The number of thiazole rings is 1. The van der Waals surface area contributed by atoms with E-state index in [2.05, 4.69) is 37.9 Å². The third kappa shape index (κ3) is 4.37. The first-order chi connectivity index (χ1) is 14.4. The minimum Gasteiger partial charge on any atom is -0.282 e. The number of halogens is 1. The summed E-state index contributed by atoms with van der Waals surface area (Å²) in [5.74, 6) is 0.000796. The molecule has 0 unspecified atom stereocenters. The van der Waals surface area contributed by atoms with Crippen LogP contribution in [0, 0.1) is 20.8 Å². The predicted molar refractivity (Wildman–Crippen MR) is 124 cm³/mol. The van der Waals surface area contributed by atoms with Crippen LogP contribution in [0.15, 0.2) is 54.7 Å². The van der Waals surface area contributed by atoms with Crippen molar-refractivity contribution in [2.45, 2.75) is 33.7 Å². The first-order valence-corrected chi connectivity index (χ1v) is 10.9. The van der Waals surface area contributed by atoms with Crippen LogP contribution in [-0.4, -0.2) is 15.9 Å². The number of amides is 1. The maximum atomic E-state index is 13.5. The van der Waals surface area contributed by atoms with Crippen LogP contribution in [0.1, 0.15) is 27.9 Å². The van der Waals surface area contributed by atoms with Crippen molar-refractivity contribution >= 4 is 44.2 Å². The Labute approximate surface area is 185 Å². The third-order valence-corrected chi connectivity index (χ3v) is 6.36. The molecule has 0 saturated carbocycles. The topological polar surface area (TPSA) is 46.1 Å². The minimum atomic E-state index is 0.000796. The smallest absolute Gasteiger partial charge is 0.233 e. The fourth-order valence-corrected chi connectivity index (χ4v) is 4.91. The van der Waals surface area contributed by atoms with Crippen LogP contribution < -0.4 is 4.90 Å². The van der Waals surface area contributed by atoms with Gasteiger partial charge in [-0.05, 0) is 67.8 Å². The molecule has 1 amide bonds. The van der Waals surface area contributed by atoms with Gasteiger partial charge in [0.05, 0.1) is 28.9 Å². The number of benzene rings is 2. The van der Waals surface area contributed by atoms with E-state index in [0.29, 0.717) is 23.1 Å². The molecule has 4 nitrogen and oxygen atoms in total. The largest absolute Gasteiger partial charge is 0.282 e. The number of fused-ring (bicyclic) bond motifs is 1. The van der Waals surface area contributed by atoms with Gasteiger partial charge in [0.25, 0.3) is 0 Å². The van der Waals surface area contributed by atoms with Crippen LogP contribution in [-0.2, 0) is 17.8 Å². The molecule has 0 aliphatic heterocycles. The van der Waals surface area contributed by atoms with E-state index < -0.39 is 0 Å². The summed E-state index contributed by atoms with van der Waals surface area (Å²) in [4.78, 5) is 24.3. The van der Waals surface area contributed by atoms with Gasteiger partial charge < -0.3 is 0 Å². The van der Waals surface area contributed by atoms with Crippen LogP contribution >= 0.6 is 22.9 Å². The summed E-state index contributed by atoms with van der Waals surface area (Å²) in [6, 6.07) is 15.6. The third-order valence-electron chi connectivity index (χ3n) is 5.09. The Morgan fingerprint density at radius 2 is 1.83 bits per heavy atom. The van der Waals surface area contributed by atoms with Gasteiger partial charge in [-0.15, -0.1) is 0 Å². The van der Waals surface area contributed by atoms with E-state index in [9.17, 15) is 4.79 Å². The Balaban J connectivity index is 1.71. The number of anilines is 1. The molecule has 0 saturated heterocycles. The number of aromatic nitrogens is 2. The lowest BCUT2D eigenvalue weighted by Crippen LogP contribution is -2.32. The summed E-state index contributed by atoms with van der Waals surface area (Å²) in [6.45, 7) is 6.57. The highest BCUT2D eigenvalue weighted by molar-refractivity contribution is 7.22. The quantitative estimate of drug-likeness (QED) is 0.383. The van der Waals surface area contributed by atoms with Gasteiger partial charge in [-0.3, -0.25) is 14.7 Å². The second-order valence-electron chi connectivity index (χ2n) is 7.46. The maximum absolute atomic E-state index is 13.5. The van der Waals surface area contributed by atoms with E-state index in [1.54, 1.807) is 11.1 Å². The second-order valence-corrected chi connectivity index (χ2v) is 8.91. The second kappa shape index (κ2) is 8.54. The van der Waals surface area contributed by atoms with Crippen molar-refractivity contribution in [1.82, 2.24) is 9.97 Å². The Kier molecular flexibility index (Phi) is 5.84. The van der Waals surface area contributed by atoms with Gasteiger partial charge in [0.15, 0.2) is 5.13 Å². The van der Waals surface area contributed by atoms with E-state index in [-0.39, 0.29) is 5.91 Å². The van der Waals surface area contributed by atoms with Crippen molar-refractivity contribution in [3.63, 3.8) is 0 Å². The molecule has 0 N–H and O–H groups in total. The average molecular weight is 436 g/mol. The summed E-state index contributed by atoms with van der Waals surface area (Å²) >= 11 is 7.61. The minimum absolute atomic E-state index is 0.000796. The number of pyridine rings is 1. The molecule has 4 rings (SSSR count). The van der Waals surface area contributed by atoms with Crippen LogP contribution in [0.2, 0.25) is 5.02 Å². The molecule has 0 bridgehead atoms. The SMILES string of the molecule is Cc1cc(C)c(CC(=O)N(Cc2ccccn2)c2nc3ccc(Cl)cc3s2)c(C)c1. The van der Waals surface area contributed by atoms with Crippen molar-refractivity contribution < 1.29 is 4.79 Å². The van der Waals surface area contributed by atoms with Crippen molar-refractivity contribution in [3.05, 3.63) is 87.7 Å². The molecular weight excluding hydrogens is 414 g/mol. The van der Waals surface area contributed by atoms with Crippen molar-refractivity contribution in [1.29, 1.82) is 0 Å². The van der Waals surface area contributed by atoms with Gasteiger partial charge in [0.1, 0.15) is 0 Å². The zero-order valence-corrected chi connectivity index (χ0v) is 18.7.